The third-order valence-corrected chi connectivity index (χ3v) is 2.17. The van der Waals surface area contributed by atoms with E-state index in [1.807, 2.05) is 25.1 Å². The predicted molar refractivity (Wildman–Crippen MR) is 56.9 cm³/mol. The van der Waals surface area contributed by atoms with Crippen LogP contribution in [0.4, 0.5) is 10.5 Å². The van der Waals surface area contributed by atoms with E-state index in [0.29, 0.717) is 11.6 Å². The van der Waals surface area contributed by atoms with Gasteiger partial charge in [-0.2, -0.15) is 0 Å². The highest BCUT2D eigenvalue weighted by atomic mass is 16.4. The van der Waals surface area contributed by atoms with E-state index in [0.717, 1.165) is 11.1 Å². The standard InChI is InChI=1S/C11H15NO2/c1-7(2)9-5-4-8(3)10(6-9)12-11(13)14/h4-7,12H,1-3H3,(H,13,14). The summed E-state index contributed by atoms with van der Waals surface area (Å²) in [5, 5.41) is 11.0. The number of nitrogens with one attached hydrogen (secondary N) is 1. The molecular weight excluding hydrogens is 178 g/mol. The lowest BCUT2D eigenvalue weighted by Gasteiger charge is -2.10. The lowest BCUT2D eigenvalue weighted by atomic mass is 10.0. The molecule has 0 bridgehead atoms. The fourth-order valence-electron chi connectivity index (χ4n) is 1.25. The summed E-state index contributed by atoms with van der Waals surface area (Å²) in [5.74, 6) is 0.407. The van der Waals surface area contributed by atoms with E-state index in [9.17, 15) is 4.79 Å². The first-order valence-electron chi connectivity index (χ1n) is 4.61. The Morgan fingerprint density at radius 1 is 1.43 bits per heavy atom. The highest BCUT2D eigenvalue weighted by Gasteiger charge is 2.05. The van der Waals surface area contributed by atoms with Crippen LogP contribution in [0.3, 0.4) is 0 Å². The average Bonchev–Trinajstić information content (AvgIpc) is 2.07. The molecule has 1 amide bonds. The minimum Gasteiger partial charge on any atom is -0.465 e. The van der Waals surface area contributed by atoms with E-state index < -0.39 is 6.09 Å². The molecule has 3 heteroatoms. The molecule has 0 radical (unpaired) electrons. The lowest BCUT2D eigenvalue weighted by molar-refractivity contribution is 0.209. The average molecular weight is 193 g/mol. The Kier molecular flexibility index (Phi) is 3.12. The molecule has 0 atom stereocenters. The normalized spacial score (nSPS) is 10.3. The Morgan fingerprint density at radius 3 is 2.57 bits per heavy atom. The molecule has 0 fully saturated rings. The summed E-state index contributed by atoms with van der Waals surface area (Å²) in [5.41, 5.74) is 2.75. The van der Waals surface area contributed by atoms with Crippen LogP contribution in [0, 0.1) is 6.92 Å². The molecule has 0 saturated carbocycles. The summed E-state index contributed by atoms with van der Waals surface area (Å²) in [6.45, 7) is 6.04. The molecule has 0 spiro atoms. The van der Waals surface area contributed by atoms with Gasteiger partial charge in [0, 0.05) is 5.69 Å². The first-order chi connectivity index (χ1) is 6.50. The van der Waals surface area contributed by atoms with Crippen molar-refractivity contribution in [3.8, 4) is 0 Å². The summed E-state index contributed by atoms with van der Waals surface area (Å²) in [6, 6.07) is 5.84. The first-order valence-corrected chi connectivity index (χ1v) is 4.61. The molecule has 14 heavy (non-hydrogen) atoms. The highest BCUT2D eigenvalue weighted by molar-refractivity contribution is 5.84. The van der Waals surface area contributed by atoms with Crippen LogP contribution in [0.15, 0.2) is 18.2 Å². The van der Waals surface area contributed by atoms with E-state index in [2.05, 4.69) is 19.2 Å². The third kappa shape index (κ3) is 2.49. The zero-order valence-electron chi connectivity index (χ0n) is 8.66. The van der Waals surface area contributed by atoms with Gasteiger partial charge in [-0.1, -0.05) is 26.0 Å². The van der Waals surface area contributed by atoms with Crippen LogP contribution in [-0.4, -0.2) is 11.2 Å². The number of hydrogen-bond acceptors (Lipinski definition) is 1. The summed E-state index contributed by atoms with van der Waals surface area (Å²) in [6.07, 6.45) is -1.02. The SMILES string of the molecule is Cc1ccc(C(C)C)cc1NC(=O)O. The van der Waals surface area contributed by atoms with Gasteiger partial charge in [0.15, 0.2) is 0 Å². The molecule has 1 rings (SSSR count). The van der Waals surface area contributed by atoms with Gasteiger partial charge in [-0.25, -0.2) is 4.79 Å². The van der Waals surface area contributed by atoms with Crippen molar-refractivity contribution in [1.82, 2.24) is 0 Å². The van der Waals surface area contributed by atoms with Crippen molar-refractivity contribution in [2.24, 2.45) is 0 Å². The van der Waals surface area contributed by atoms with Gasteiger partial charge in [0.25, 0.3) is 0 Å². The van der Waals surface area contributed by atoms with Crippen LogP contribution in [0.25, 0.3) is 0 Å². The highest BCUT2D eigenvalue weighted by Crippen LogP contribution is 2.22. The molecule has 3 nitrogen and oxygen atoms in total. The smallest absolute Gasteiger partial charge is 0.409 e. The second kappa shape index (κ2) is 4.13. The first kappa shape index (κ1) is 10.6. The van der Waals surface area contributed by atoms with Crippen molar-refractivity contribution >= 4 is 11.8 Å². The topological polar surface area (TPSA) is 49.3 Å². The van der Waals surface area contributed by atoms with E-state index in [1.54, 1.807) is 0 Å². The van der Waals surface area contributed by atoms with Crippen molar-refractivity contribution in [3.05, 3.63) is 29.3 Å². The molecular formula is C11H15NO2. The van der Waals surface area contributed by atoms with Gasteiger partial charge in [-0.15, -0.1) is 0 Å². The van der Waals surface area contributed by atoms with Crippen LogP contribution in [0.5, 0.6) is 0 Å². The van der Waals surface area contributed by atoms with Gasteiger partial charge >= 0.3 is 6.09 Å². The van der Waals surface area contributed by atoms with Gasteiger partial charge in [0.2, 0.25) is 0 Å². The summed E-state index contributed by atoms with van der Waals surface area (Å²) < 4.78 is 0. The summed E-state index contributed by atoms with van der Waals surface area (Å²) in [7, 11) is 0. The molecule has 0 aromatic heterocycles. The predicted octanol–water partition coefficient (Wildman–Crippen LogP) is 3.21. The zero-order chi connectivity index (χ0) is 10.7. The van der Waals surface area contributed by atoms with E-state index in [1.165, 1.54) is 0 Å². The minimum absolute atomic E-state index is 0.407. The molecule has 1 aromatic carbocycles. The monoisotopic (exact) mass is 193 g/mol. The van der Waals surface area contributed by atoms with Crippen molar-refractivity contribution in [3.63, 3.8) is 0 Å². The molecule has 0 aliphatic carbocycles. The minimum atomic E-state index is -1.02. The molecule has 0 heterocycles. The largest absolute Gasteiger partial charge is 0.465 e. The number of anilines is 1. The number of amides is 1. The van der Waals surface area contributed by atoms with E-state index >= 15 is 0 Å². The lowest BCUT2D eigenvalue weighted by Crippen LogP contribution is -2.08. The van der Waals surface area contributed by atoms with Gasteiger partial charge < -0.3 is 5.11 Å². The maximum Gasteiger partial charge on any atom is 0.409 e. The van der Waals surface area contributed by atoms with Crippen molar-refractivity contribution in [2.75, 3.05) is 5.32 Å². The third-order valence-electron chi connectivity index (χ3n) is 2.17. The van der Waals surface area contributed by atoms with Gasteiger partial charge in [-0.05, 0) is 30.0 Å². The molecule has 0 saturated heterocycles. The second-order valence-corrected chi connectivity index (χ2v) is 3.66. The Morgan fingerprint density at radius 2 is 2.07 bits per heavy atom. The molecule has 76 valence electrons. The number of carboxylic acid groups (broad SMARTS) is 1. The molecule has 1 aromatic rings. The summed E-state index contributed by atoms with van der Waals surface area (Å²) in [4.78, 5) is 10.5. The molecule has 0 unspecified atom stereocenters. The fourth-order valence-corrected chi connectivity index (χ4v) is 1.25. The summed E-state index contributed by atoms with van der Waals surface area (Å²) >= 11 is 0. The van der Waals surface area contributed by atoms with Crippen LogP contribution < -0.4 is 5.32 Å². The number of rotatable bonds is 2. The zero-order valence-corrected chi connectivity index (χ0v) is 8.66. The van der Waals surface area contributed by atoms with Crippen LogP contribution in [0.2, 0.25) is 0 Å². The molecule has 0 aliphatic heterocycles. The van der Waals surface area contributed by atoms with Crippen LogP contribution >= 0.6 is 0 Å². The fraction of sp³-hybridized carbons (Fsp3) is 0.364. The quantitative estimate of drug-likeness (QED) is 0.757. The Bertz CT molecular complexity index is 345. The van der Waals surface area contributed by atoms with Gasteiger partial charge in [0.05, 0.1) is 0 Å². The number of aryl methyl sites for hydroxylation is 1. The van der Waals surface area contributed by atoms with Crippen LogP contribution in [-0.2, 0) is 0 Å². The molecule has 0 aliphatic rings. The second-order valence-electron chi connectivity index (χ2n) is 3.66. The number of benzene rings is 1. The van der Waals surface area contributed by atoms with Crippen molar-refractivity contribution < 1.29 is 9.90 Å². The van der Waals surface area contributed by atoms with Crippen LogP contribution in [0.1, 0.15) is 30.9 Å². The van der Waals surface area contributed by atoms with E-state index in [4.69, 9.17) is 5.11 Å². The van der Waals surface area contributed by atoms with Gasteiger partial charge in [0.1, 0.15) is 0 Å². The van der Waals surface area contributed by atoms with Crippen molar-refractivity contribution in [1.29, 1.82) is 0 Å². The van der Waals surface area contributed by atoms with Gasteiger partial charge in [-0.3, -0.25) is 5.32 Å². The Hall–Kier alpha value is -1.51. The Balaban J connectivity index is 3.02. The van der Waals surface area contributed by atoms with E-state index in [-0.39, 0.29) is 0 Å². The van der Waals surface area contributed by atoms with Crippen molar-refractivity contribution in [2.45, 2.75) is 26.7 Å². The number of hydrogen-bond donors (Lipinski definition) is 2. The Labute approximate surface area is 83.8 Å². The maximum absolute atomic E-state index is 10.5. The number of carbonyl (C=O) groups is 1. The maximum atomic E-state index is 10.5. The molecule has 2 N–H and O–H groups in total.